The van der Waals surface area contributed by atoms with Gasteiger partial charge in [0.2, 0.25) is 5.91 Å². The largest absolute Gasteiger partial charge is 0.357 e. The molecule has 0 aliphatic carbocycles. The summed E-state index contributed by atoms with van der Waals surface area (Å²) in [5, 5.41) is 7.30. The molecule has 1 saturated heterocycles. The van der Waals surface area contributed by atoms with Crippen molar-refractivity contribution in [3.05, 3.63) is 64.7 Å². The number of amides is 1. The third-order valence-corrected chi connectivity index (χ3v) is 4.86. The molecule has 150 valence electrons. The molecule has 1 aliphatic heterocycles. The summed E-state index contributed by atoms with van der Waals surface area (Å²) in [7, 11) is 0. The second-order valence-electron chi connectivity index (χ2n) is 6.46. The molecular weight excluding hydrogens is 487 g/mol. The zero-order valence-electron chi connectivity index (χ0n) is 16.0. The number of halogens is 2. The first-order valence-electron chi connectivity index (χ1n) is 9.32. The number of carbonyl (C=O) groups is 1. The highest BCUT2D eigenvalue weighted by atomic mass is 127. The van der Waals surface area contributed by atoms with Crippen molar-refractivity contribution in [1.82, 2.24) is 10.6 Å². The molecule has 1 heterocycles. The molecule has 2 aromatic rings. The van der Waals surface area contributed by atoms with Crippen molar-refractivity contribution in [1.29, 1.82) is 0 Å². The van der Waals surface area contributed by atoms with Crippen LogP contribution in [0.25, 0.3) is 0 Å². The van der Waals surface area contributed by atoms with Crippen molar-refractivity contribution in [2.24, 2.45) is 4.99 Å². The van der Waals surface area contributed by atoms with Gasteiger partial charge in [-0.15, -0.1) is 24.0 Å². The summed E-state index contributed by atoms with van der Waals surface area (Å²) in [6.45, 7) is 4.80. The zero-order valence-corrected chi connectivity index (χ0v) is 19.0. The van der Waals surface area contributed by atoms with Gasteiger partial charge in [-0.25, -0.2) is 4.99 Å². The van der Waals surface area contributed by atoms with E-state index < -0.39 is 0 Å². The fourth-order valence-corrected chi connectivity index (χ4v) is 3.24. The average molecular weight is 513 g/mol. The Hall–Kier alpha value is -1.80. The lowest BCUT2D eigenvalue weighted by Gasteiger charge is -2.16. The first-order valence-corrected chi connectivity index (χ1v) is 9.70. The summed E-state index contributed by atoms with van der Waals surface area (Å²) in [6.07, 6.45) is 1.59. The van der Waals surface area contributed by atoms with Gasteiger partial charge in [0.05, 0.1) is 6.54 Å². The number of carbonyl (C=O) groups excluding carboxylic acids is 1. The second kappa shape index (κ2) is 11.3. The molecule has 0 radical (unpaired) electrons. The summed E-state index contributed by atoms with van der Waals surface area (Å²) in [5.74, 6) is 0.954. The molecule has 0 aromatic heterocycles. The first-order chi connectivity index (χ1) is 13.2. The number of benzene rings is 2. The zero-order chi connectivity index (χ0) is 19.1. The van der Waals surface area contributed by atoms with Crippen LogP contribution in [0.2, 0.25) is 5.02 Å². The van der Waals surface area contributed by atoms with Crippen molar-refractivity contribution in [2.75, 3.05) is 18.0 Å². The number of aliphatic imine (C=N–C) groups is 1. The number of anilines is 1. The Morgan fingerprint density at radius 1 is 1.14 bits per heavy atom. The summed E-state index contributed by atoms with van der Waals surface area (Å²) in [4.78, 5) is 18.3. The lowest BCUT2D eigenvalue weighted by Crippen LogP contribution is -2.36. The van der Waals surface area contributed by atoms with Crippen LogP contribution in [0.5, 0.6) is 0 Å². The van der Waals surface area contributed by atoms with Crippen molar-refractivity contribution in [3.63, 3.8) is 0 Å². The molecule has 3 rings (SSSR count). The molecule has 0 spiro atoms. The van der Waals surface area contributed by atoms with Gasteiger partial charge in [0, 0.05) is 36.8 Å². The van der Waals surface area contributed by atoms with E-state index in [1.807, 2.05) is 60.4 Å². The molecule has 5 nitrogen and oxygen atoms in total. The van der Waals surface area contributed by atoms with Crippen LogP contribution >= 0.6 is 35.6 Å². The Labute approximate surface area is 188 Å². The molecule has 28 heavy (non-hydrogen) atoms. The molecule has 1 fully saturated rings. The van der Waals surface area contributed by atoms with E-state index in [1.54, 1.807) is 0 Å². The molecule has 0 saturated carbocycles. The van der Waals surface area contributed by atoms with E-state index in [0.29, 0.717) is 19.5 Å². The van der Waals surface area contributed by atoms with Crippen LogP contribution in [0.15, 0.2) is 53.5 Å². The van der Waals surface area contributed by atoms with Crippen LogP contribution in [0, 0.1) is 0 Å². The van der Waals surface area contributed by atoms with E-state index in [0.717, 1.165) is 47.3 Å². The molecule has 2 aromatic carbocycles. The van der Waals surface area contributed by atoms with Gasteiger partial charge in [-0.3, -0.25) is 4.79 Å². The third kappa shape index (κ3) is 6.10. The van der Waals surface area contributed by atoms with Gasteiger partial charge >= 0.3 is 0 Å². The quantitative estimate of drug-likeness (QED) is 0.344. The second-order valence-corrected chi connectivity index (χ2v) is 6.86. The van der Waals surface area contributed by atoms with E-state index >= 15 is 0 Å². The molecular formula is C21H26ClIN4O. The van der Waals surface area contributed by atoms with Crippen LogP contribution in [0.3, 0.4) is 0 Å². The van der Waals surface area contributed by atoms with Gasteiger partial charge in [-0.1, -0.05) is 41.9 Å². The third-order valence-electron chi connectivity index (χ3n) is 4.49. The van der Waals surface area contributed by atoms with Crippen molar-refractivity contribution in [2.45, 2.75) is 32.9 Å². The highest BCUT2D eigenvalue weighted by molar-refractivity contribution is 14.0. The molecule has 0 bridgehead atoms. The minimum atomic E-state index is 0. The Morgan fingerprint density at radius 2 is 1.89 bits per heavy atom. The average Bonchev–Trinajstić information content (AvgIpc) is 3.11. The Balaban J connectivity index is 0.00000280. The van der Waals surface area contributed by atoms with Crippen molar-refractivity contribution in [3.8, 4) is 0 Å². The number of guanidine groups is 1. The summed E-state index contributed by atoms with van der Waals surface area (Å²) in [5.41, 5.74) is 3.10. The lowest BCUT2D eigenvalue weighted by molar-refractivity contribution is -0.117. The fourth-order valence-electron chi connectivity index (χ4n) is 3.04. The Bertz CT molecular complexity index is 810. The van der Waals surface area contributed by atoms with Gasteiger partial charge in [0.25, 0.3) is 0 Å². The van der Waals surface area contributed by atoms with E-state index in [9.17, 15) is 4.79 Å². The molecule has 7 heteroatoms. The van der Waals surface area contributed by atoms with E-state index in [2.05, 4.69) is 15.6 Å². The van der Waals surface area contributed by atoms with Gasteiger partial charge in [-0.2, -0.15) is 0 Å². The maximum absolute atomic E-state index is 11.8. The number of nitrogens with zero attached hydrogens (tertiary/aromatic N) is 2. The van der Waals surface area contributed by atoms with E-state index in [-0.39, 0.29) is 29.9 Å². The smallest absolute Gasteiger partial charge is 0.227 e. The number of hydrogen-bond donors (Lipinski definition) is 2. The predicted octanol–water partition coefficient (Wildman–Crippen LogP) is 4.34. The van der Waals surface area contributed by atoms with Gasteiger partial charge in [0.1, 0.15) is 0 Å². The van der Waals surface area contributed by atoms with Crippen LogP contribution in [-0.2, 0) is 17.9 Å². The van der Waals surface area contributed by atoms with Gasteiger partial charge < -0.3 is 15.5 Å². The van der Waals surface area contributed by atoms with Crippen molar-refractivity contribution < 1.29 is 4.79 Å². The Kier molecular flexibility index (Phi) is 9.05. The number of rotatable bonds is 6. The van der Waals surface area contributed by atoms with Crippen LogP contribution < -0.4 is 15.5 Å². The monoisotopic (exact) mass is 512 g/mol. The predicted molar refractivity (Wildman–Crippen MR) is 127 cm³/mol. The molecule has 1 amide bonds. The van der Waals surface area contributed by atoms with Crippen LogP contribution in [0.1, 0.15) is 30.9 Å². The molecule has 1 aliphatic rings. The first kappa shape index (κ1) is 22.5. The van der Waals surface area contributed by atoms with E-state index in [1.165, 1.54) is 0 Å². The summed E-state index contributed by atoms with van der Waals surface area (Å²) >= 11 is 6.21. The minimum Gasteiger partial charge on any atom is -0.357 e. The highest BCUT2D eigenvalue weighted by Crippen LogP contribution is 2.21. The standard InChI is InChI=1S/C21H25ClN4O.HI/c1-2-23-21(25-15-17-6-3-4-7-19(17)22)24-14-16-9-11-18(12-10-16)26-13-5-8-20(26)27;/h3-4,6-7,9-12H,2,5,8,13-15H2,1H3,(H2,23,24,25);1H. The van der Waals surface area contributed by atoms with Crippen LogP contribution in [-0.4, -0.2) is 25.0 Å². The maximum atomic E-state index is 11.8. The maximum Gasteiger partial charge on any atom is 0.227 e. The van der Waals surface area contributed by atoms with Crippen LogP contribution in [0.4, 0.5) is 5.69 Å². The number of hydrogen-bond acceptors (Lipinski definition) is 2. The van der Waals surface area contributed by atoms with Crippen molar-refractivity contribution >= 4 is 53.1 Å². The van der Waals surface area contributed by atoms with E-state index in [4.69, 9.17) is 11.6 Å². The normalized spacial score (nSPS) is 14.0. The topological polar surface area (TPSA) is 56.7 Å². The number of nitrogens with one attached hydrogen (secondary N) is 2. The molecule has 0 unspecified atom stereocenters. The highest BCUT2D eigenvalue weighted by Gasteiger charge is 2.21. The van der Waals surface area contributed by atoms with Gasteiger partial charge in [-0.05, 0) is 42.7 Å². The molecule has 0 atom stereocenters. The summed E-state index contributed by atoms with van der Waals surface area (Å²) < 4.78 is 0. The minimum absolute atomic E-state index is 0. The molecule has 2 N–H and O–H groups in total. The SMILES string of the molecule is CCNC(=NCc1ccc(N2CCCC2=O)cc1)NCc1ccccc1Cl.I. The Morgan fingerprint density at radius 3 is 2.54 bits per heavy atom. The summed E-state index contributed by atoms with van der Waals surface area (Å²) in [6, 6.07) is 15.8. The lowest BCUT2D eigenvalue weighted by atomic mass is 10.2. The fraction of sp³-hybridized carbons (Fsp3) is 0.333. The van der Waals surface area contributed by atoms with Gasteiger partial charge in [0.15, 0.2) is 5.96 Å².